The Morgan fingerprint density at radius 2 is 2.04 bits per heavy atom. The Balaban J connectivity index is 1.90. The monoisotopic (exact) mass is 393 g/mol. The fourth-order valence-corrected chi connectivity index (χ4v) is 3.20. The molecule has 0 saturated heterocycles. The van der Waals surface area contributed by atoms with E-state index in [0.717, 1.165) is 5.56 Å². The topological polar surface area (TPSA) is 75.6 Å². The standard InChI is InChI=1S/C19H20ClNO4S/c1-26-18(19(24)21-12-22)9-13-5-7-16(8-6-13)25-11-17(23)14-3-2-4-15(20)10-14/h2-8,10,12,17-18,23H,9,11H2,1H3,(H,21,22,24). The SMILES string of the molecule is CSC(Cc1ccc(OCC(O)c2cccc(Cl)c2)cc1)C(=O)NC=O. The number of carbonyl (C=O) groups excluding carboxylic acids is 2. The van der Waals surface area contributed by atoms with Gasteiger partial charge in [0.25, 0.3) is 0 Å². The number of amides is 2. The molecule has 0 saturated carbocycles. The van der Waals surface area contributed by atoms with Gasteiger partial charge in [-0.15, -0.1) is 0 Å². The van der Waals surface area contributed by atoms with Crippen molar-refractivity contribution in [3.05, 3.63) is 64.7 Å². The van der Waals surface area contributed by atoms with Crippen molar-refractivity contribution in [2.45, 2.75) is 17.8 Å². The molecule has 0 spiro atoms. The fourth-order valence-electron chi connectivity index (χ4n) is 2.36. The molecule has 0 aliphatic rings. The third-order valence-corrected chi connectivity index (χ3v) is 4.95. The third-order valence-electron chi connectivity index (χ3n) is 3.76. The summed E-state index contributed by atoms with van der Waals surface area (Å²) in [7, 11) is 0. The highest BCUT2D eigenvalue weighted by Gasteiger charge is 2.17. The van der Waals surface area contributed by atoms with E-state index in [-0.39, 0.29) is 17.8 Å². The van der Waals surface area contributed by atoms with Crippen LogP contribution in [-0.4, -0.2) is 35.5 Å². The zero-order valence-corrected chi connectivity index (χ0v) is 15.8. The van der Waals surface area contributed by atoms with Crippen LogP contribution >= 0.6 is 23.4 Å². The summed E-state index contributed by atoms with van der Waals surface area (Å²) in [5.41, 5.74) is 1.64. The van der Waals surface area contributed by atoms with Gasteiger partial charge in [-0.3, -0.25) is 14.9 Å². The summed E-state index contributed by atoms with van der Waals surface area (Å²) in [6.45, 7) is 0.106. The number of aliphatic hydroxyl groups excluding tert-OH is 1. The molecule has 0 heterocycles. The van der Waals surface area contributed by atoms with Crippen LogP contribution in [0.25, 0.3) is 0 Å². The number of thioether (sulfide) groups is 1. The molecule has 0 aromatic heterocycles. The van der Waals surface area contributed by atoms with Crippen LogP contribution in [0.4, 0.5) is 0 Å². The van der Waals surface area contributed by atoms with E-state index in [9.17, 15) is 14.7 Å². The van der Waals surface area contributed by atoms with Gasteiger partial charge < -0.3 is 9.84 Å². The first-order chi connectivity index (χ1) is 12.5. The van der Waals surface area contributed by atoms with Gasteiger partial charge >= 0.3 is 0 Å². The molecule has 2 aromatic carbocycles. The van der Waals surface area contributed by atoms with Crippen molar-refractivity contribution in [1.29, 1.82) is 0 Å². The number of imide groups is 1. The molecule has 2 aromatic rings. The molecule has 0 aliphatic heterocycles. The molecule has 2 atom stereocenters. The van der Waals surface area contributed by atoms with Gasteiger partial charge in [-0.05, 0) is 48.1 Å². The lowest BCUT2D eigenvalue weighted by Crippen LogP contribution is -2.32. The predicted octanol–water partition coefficient (Wildman–Crippen LogP) is 3.00. The second-order valence-electron chi connectivity index (χ2n) is 5.58. The van der Waals surface area contributed by atoms with Crippen LogP contribution in [0.5, 0.6) is 5.75 Å². The third kappa shape index (κ3) is 6.05. The Hall–Kier alpha value is -2.02. The summed E-state index contributed by atoms with van der Waals surface area (Å²) in [6.07, 6.45) is 1.95. The average molecular weight is 394 g/mol. The molecular weight excluding hydrogens is 374 g/mol. The normalized spacial score (nSPS) is 12.9. The summed E-state index contributed by atoms with van der Waals surface area (Å²) >= 11 is 7.30. The van der Waals surface area contributed by atoms with Gasteiger partial charge in [0.05, 0.1) is 5.25 Å². The van der Waals surface area contributed by atoms with Crippen molar-refractivity contribution in [1.82, 2.24) is 5.32 Å². The summed E-state index contributed by atoms with van der Waals surface area (Å²) < 4.78 is 5.61. The molecule has 0 fully saturated rings. The molecule has 5 nitrogen and oxygen atoms in total. The van der Waals surface area contributed by atoms with E-state index in [2.05, 4.69) is 5.32 Å². The van der Waals surface area contributed by atoms with Gasteiger partial charge in [-0.1, -0.05) is 35.9 Å². The van der Waals surface area contributed by atoms with Crippen LogP contribution in [0.1, 0.15) is 17.2 Å². The number of ether oxygens (including phenoxy) is 1. The summed E-state index contributed by atoms with van der Waals surface area (Å²) in [5, 5.41) is 12.6. The maximum atomic E-state index is 11.8. The van der Waals surface area contributed by atoms with E-state index in [4.69, 9.17) is 16.3 Å². The van der Waals surface area contributed by atoms with Crippen molar-refractivity contribution < 1.29 is 19.4 Å². The second kappa shape index (κ2) is 10.2. The second-order valence-corrected chi connectivity index (χ2v) is 7.06. The number of hydrogen-bond donors (Lipinski definition) is 2. The molecule has 2 unspecified atom stereocenters. The molecule has 138 valence electrons. The predicted molar refractivity (Wildman–Crippen MR) is 104 cm³/mol. The van der Waals surface area contributed by atoms with E-state index in [0.29, 0.717) is 29.2 Å². The first kappa shape index (κ1) is 20.3. The molecule has 2 N–H and O–H groups in total. The number of carbonyl (C=O) groups is 2. The fraction of sp³-hybridized carbons (Fsp3) is 0.263. The van der Waals surface area contributed by atoms with Crippen molar-refractivity contribution in [3.8, 4) is 5.75 Å². The van der Waals surface area contributed by atoms with Crippen LogP contribution in [0.3, 0.4) is 0 Å². The van der Waals surface area contributed by atoms with Gasteiger partial charge in [0.15, 0.2) is 0 Å². The largest absolute Gasteiger partial charge is 0.491 e. The number of nitrogens with one attached hydrogen (secondary N) is 1. The highest BCUT2D eigenvalue weighted by molar-refractivity contribution is 7.99. The van der Waals surface area contributed by atoms with Gasteiger partial charge in [0.2, 0.25) is 12.3 Å². The number of rotatable bonds is 9. The van der Waals surface area contributed by atoms with E-state index in [1.54, 1.807) is 36.4 Å². The first-order valence-corrected chi connectivity index (χ1v) is 9.62. The minimum Gasteiger partial charge on any atom is -0.491 e. The Kier molecular flexibility index (Phi) is 7.97. The van der Waals surface area contributed by atoms with E-state index < -0.39 is 6.10 Å². The van der Waals surface area contributed by atoms with Crippen LogP contribution in [0.2, 0.25) is 5.02 Å². The molecular formula is C19H20ClNO4S. The minimum atomic E-state index is -0.777. The summed E-state index contributed by atoms with van der Waals surface area (Å²) in [5.74, 6) is 0.311. The van der Waals surface area contributed by atoms with Crippen molar-refractivity contribution in [3.63, 3.8) is 0 Å². The Bertz CT molecular complexity index is 739. The quantitative estimate of drug-likeness (QED) is 0.640. The van der Waals surface area contributed by atoms with Crippen molar-refractivity contribution >= 4 is 35.7 Å². The smallest absolute Gasteiger partial charge is 0.239 e. The molecule has 2 amide bonds. The van der Waals surface area contributed by atoms with Gasteiger partial charge in [0.1, 0.15) is 18.5 Å². The van der Waals surface area contributed by atoms with Crippen molar-refractivity contribution in [2.75, 3.05) is 12.9 Å². The molecule has 7 heteroatoms. The molecule has 2 rings (SSSR count). The number of aliphatic hydroxyl groups is 1. The van der Waals surface area contributed by atoms with Crippen LogP contribution < -0.4 is 10.1 Å². The van der Waals surface area contributed by atoms with E-state index >= 15 is 0 Å². The average Bonchev–Trinajstić information content (AvgIpc) is 2.65. The number of benzene rings is 2. The highest BCUT2D eigenvalue weighted by atomic mass is 35.5. The summed E-state index contributed by atoms with van der Waals surface area (Å²) in [4.78, 5) is 22.2. The maximum absolute atomic E-state index is 11.8. The maximum Gasteiger partial charge on any atom is 0.239 e. The summed E-state index contributed by atoms with van der Waals surface area (Å²) in [6, 6.07) is 14.3. The Labute approximate surface area is 161 Å². The van der Waals surface area contributed by atoms with E-state index in [1.807, 2.05) is 18.4 Å². The lowest BCUT2D eigenvalue weighted by atomic mass is 10.1. The Morgan fingerprint density at radius 1 is 1.31 bits per heavy atom. The van der Waals surface area contributed by atoms with Crippen LogP contribution in [0.15, 0.2) is 48.5 Å². The minimum absolute atomic E-state index is 0.106. The van der Waals surface area contributed by atoms with Gasteiger partial charge in [-0.2, -0.15) is 11.8 Å². The lowest BCUT2D eigenvalue weighted by molar-refractivity contribution is -0.124. The van der Waals surface area contributed by atoms with Gasteiger partial charge in [0, 0.05) is 5.02 Å². The molecule has 0 radical (unpaired) electrons. The lowest BCUT2D eigenvalue weighted by Gasteiger charge is -2.14. The van der Waals surface area contributed by atoms with Gasteiger partial charge in [-0.25, -0.2) is 0 Å². The number of hydrogen-bond acceptors (Lipinski definition) is 5. The zero-order chi connectivity index (χ0) is 18.9. The number of halogens is 1. The first-order valence-electron chi connectivity index (χ1n) is 7.95. The van der Waals surface area contributed by atoms with E-state index in [1.165, 1.54) is 11.8 Å². The zero-order valence-electron chi connectivity index (χ0n) is 14.2. The molecule has 0 bridgehead atoms. The Morgan fingerprint density at radius 3 is 2.65 bits per heavy atom. The highest BCUT2D eigenvalue weighted by Crippen LogP contribution is 2.21. The molecule has 0 aliphatic carbocycles. The van der Waals surface area contributed by atoms with Crippen molar-refractivity contribution in [2.24, 2.45) is 0 Å². The van der Waals surface area contributed by atoms with Crippen LogP contribution in [-0.2, 0) is 16.0 Å². The van der Waals surface area contributed by atoms with Crippen LogP contribution in [0, 0.1) is 0 Å². The molecule has 26 heavy (non-hydrogen) atoms.